The molecule has 0 saturated heterocycles. The third-order valence-corrected chi connectivity index (χ3v) is 5.36. The third-order valence-electron chi connectivity index (χ3n) is 4.79. The summed E-state index contributed by atoms with van der Waals surface area (Å²) in [7, 11) is 1.60. The van der Waals surface area contributed by atoms with Crippen LogP contribution in [0.25, 0.3) is 12.2 Å². The fourth-order valence-electron chi connectivity index (χ4n) is 3.23. The van der Waals surface area contributed by atoms with Crippen LogP contribution >= 0.6 is 23.2 Å². The van der Waals surface area contributed by atoms with Crippen LogP contribution in [-0.4, -0.2) is 22.8 Å². The average molecular weight is 458 g/mol. The van der Waals surface area contributed by atoms with E-state index in [4.69, 9.17) is 33.0 Å². The summed E-state index contributed by atoms with van der Waals surface area (Å²) >= 11 is 12.5. The Labute approximate surface area is 190 Å². The first-order valence-corrected chi connectivity index (χ1v) is 10.4. The zero-order valence-corrected chi connectivity index (χ0v) is 18.4. The first kappa shape index (κ1) is 22.7. The normalized spacial score (nSPS) is 11.1. The molecule has 0 atom stereocenters. The number of rotatable bonds is 8. The van der Waals surface area contributed by atoms with Crippen molar-refractivity contribution in [3.8, 4) is 5.75 Å². The molecule has 7 heteroatoms. The van der Waals surface area contributed by atoms with Crippen LogP contribution in [0.15, 0.2) is 59.4 Å². The van der Waals surface area contributed by atoms with Crippen molar-refractivity contribution < 1.29 is 14.6 Å². The number of hydrogen-bond acceptors (Lipinski definition) is 3. The molecular formula is C24H21Cl2NO4. The monoisotopic (exact) mass is 457 g/mol. The summed E-state index contributed by atoms with van der Waals surface area (Å²) < 4.78 is 6.78. The second-order valence-electron chi connectivity index (χ2n) is 6.90. The fraction of sp³-hybridized carbons (Fsp3) is 0.167. The molecule has 3 rings (SSSR count). The van der Waals surface area contributed by atoms with Gasteiger partial charge in [0.1, 0.15) is 10.8 Å². The van der Waals surface area contributed by atoms with Crippen LogP contribution in [0.2, 0.25) is 10.0 Å². The van der Waals surface area contributed by atoms with Gasteiger partial charge in [-0.05, 0) is 60.4 Å². The maximum absolute atomic E-state index is 12.7. The summed E-state index contributed by atoms with van der Waals surface area (Å²) in [5.74, 6) is -0.241. The molecule has 5 nitrogen and oxygen atoms in total. The molecule has 0 unspecified atom stereocenters. The van der Waals surface area contributed by atoms with Gasteiger partial charge in [0.2, 0.25) is 0 Å². The Balaban J connectivity index is 1.84. The molecule has 0 aliphatic carbocycles. The smallest absolute Gasteiger partial charge is 0.335 e. The van der Waals surface area contributed by atoms with E-state index in [-0.39, 0.29) is 16.1 Å². The topological polar surface area (TPSA) is 68.5 Å². The molecule has 0 aliphatic rings. The van der Waals surface area contributed by atoms with Crippen molar-refractivity contribution in [2.45, 2.75) is 19.4 Å². The van der Waals surface area contributed by atoms with Crippen molar-refractivity contribution in [3.63, 3.8) is 0 Å². The van der Waals surface area contributed by atoms with E-state index in [1.165, 1.54) is 6.07 Å². The minimum Gasteiger partial charge on any atom is -0.497 e. The lowest BCUT2D eigenvalue weighted by molar-refractivity contribution is 0.0696. The van der Waals surface area contributed by atoms with Crippen molar-refractivity contribution in [1.82, 2.24) is 4.57 Å². The van der Waals surface area contributed by atoms with Gasteiger partial charge in [-0.1, -0.05) is 53.5 Å². The van der Waals surface area contributed by atoms with E-state index < -0.39 is 5.97 Å². The number of carboxylic acid groups (broad SMARTS) is 1. The standard InChI is InChI=1S/C24H21Cl2NO4/c1-31-19-9-3-6-17(14-19)10-11-22-20(25)15-21(26)23(28)27(22)12-4-7-16-5-2-8-18(13-16)24(29)30/h2-3,5-6,8-11,13-15H,4,7,12H2,1H3,(H,29,30)/b11-10+. The van der Waals surface area contributed by atoms with Crippen LogP contribution < -0.4 is 10.3 Å². The number of aryl methyl sites for hydroxylation is 1. The van der Waals surface area contributed by atoms with Crippen molar-refractivity contribution in [2.24, 2.45) is 0 Å². The molecule has 0 saturated carbocycles. The molecule has 0 aliphatic heterocycles. The molecule has 1 aromatic heterocycles. The minimum absolute atomic E-state index is 0.0522. The van der Waals surface area contributed by atoms with Crippen molar-refractivity contribution in [1.29, 1.82) is 0 Å². The first-order valence-electron chi connectivity index (χ1n) is 9.62. The number of carbonyl (C=O) groups is 1. The minimum atomic E-state index is -0.968. The molecule has 3 aromatic rings. The maximum Gasteiger partial charge on any atom is 0.335 e. The van der Waals surface area contributed by atoms with Gasteiger partial charge in [0.15, 0.2) is 0 Å². The number of aromatic carboxylic acids is 1. The van der Waals surface area contributed by atoms with Gasteiger partial charge < -0.3 is 14.4 Å². The van der Waals surface area contributed by atoms with Gasteiger partial charge >= 0.3 is 5.97 Å². The first-order chi connectivity index (χ1) is 14.9. The highest BCUT2D eigenvalue weighted by atomic mass is 35.5. The second-order valence-corrected chi connectivity index (χ2v) is 7.72. The van der Waals surface area contributed by atoms with Crippen LogP contribution in [-0.2, 0) is 13.0 Å². The number of aromatic nitrogens is 1. The van der Waals surface area contributed by atoms with Crippen molar-refractivity contribution in [3.05, 3.63) is 97.4 Å². The molecular weight excluding hydrogens is 437 g/mol. The van der Waals surface area contributed by atoms with E-state index in [0.29, 0.717) is 30.1 Å². The van der Waals surface area contributed by atoms with Gasteiger partial charge in [0.05, 0.1) is 23.4 Å². The van der Waals surface area contributed by atoms with E-state index >= 15 is 0 Å². The van der Waals surface area contributed by atoms with Gasteiger partial charge in [0, 0.05) is 6.54 Å². The molecule has 31 heavy (non-hydrogen) atoms. The molecule has 2 aromatic carbocycles. The molecule has 0 amide bonds. The third kappa shape index (κ3) is 5.78. The summed E-state index contributed by atoms with van der Waals surface area (Å²) in [5, 5.41) is 9.57. The van der Waals surface area contributed by atoms with Gasteiger partial charge in [-0.25, -0.2) is 4.79 Å². The Hall–Kier alpha value is -3.02. The lowest BCUT2D eigenvalue weighted by atomic mass is 10.1. The van der Waals surface area contributed by atoms with E-state index in [2.05, 4.69) is 0 Å². The molecule has 1 N–H and O–H groups in total. The highest BCUT2D eigenvalue weighted by Crippen LogP contribution is 2.22. The summed E-state index contributed by atoms with van der Waals surface area (Å²) in [4.78, 5) is 23.8. The number of halogens is 2. The zero-order chi connectivity index (χ0) is 22.4. The summed E-state index contributed by atoms with van der Waals surface area (Å²) in [6.45, 7) is 0.383. The highest BCUT2D eigenvalue weighted by Gasteiger charge is 2.11. The molecule has 0 radical (unpaired) electrons. The zero-order valence-electron chi connectivity index (χ0n) is 16.8. The Morgan fingerprint density at radius 2 is 1.84 bits per heavy atom. The number of hydrogen-bond donors (Lipinski definition) is 1. The van der Waals surface area contributed by atoms with E-state index in [9.17, 15) is 9.59 Å². The lowest BCUT2D eigenvalue weighted by Crippen LogP contribution is -2.23. The predicted octanol–water partition coefficient (Wildman–Crippen LogP) is 5.67. The average Bonchev–Trinajstić information content (AvgIpc) is 2.77. The highest BCUT2D eigenvalue weighted by molar-refractivity contribution is 6.35. The summed E-state index contributed by atoms with van der Waals surface area (Å²) in [5.41, 5.74) is 2.25. The van der Waals surface area contributed by atoms with Crippen LogP contribution in [0, 0.1) is 0 Å². The fourth-order valence-corrected chi connectivity index (χ4v) is 3.77. The number of methoxy groups -OCH3 is 1. The molecule has 0 bridgehead atoms. The Kier molecular flexibility index (Phi) is 7.55. The number of nitrogens with zero attached hydrogens (tertiary/aromatic N) is 1. The van der Waals surface area contributed by atoms with Gasteiger partial charge in [-0.3, -0.25) is 4.79 Å². The van der Waals surface area contributed by atoms with E-state index in [0.717, 1.165) is 16.9 Å². The molecule has 0 fully saturated rings. The Morgan fingerprint density at radius 3 is 2.58 bits per heavy atom. The van der Waals surface area contributed by atoms with Crippen LogP contribution in [0.5, 0.6) is 5.75 Å². The van der Waals surface area contributed by atoms with Crippen LogP contribution in [0.3, 0.4) is 0 Å². The molecule has 160 valence electrons. The summed E-state index contributed by atoms with van der Waals surface area (Å²) in [6, 6.07) is 15.7. The van der Waals surface area contributed by atoms with Gasteiger partial charge in [-0.2, -0.15) is 0 Å². The maximum atomic E-state index is 12.7. The second kappa shape index (κ2) is 10.3. The largest absolute Gasteiger partial charge is 0.497 e. The molecule has 0 spiro atoms. The van der Waals surface area contributed by atoms with E-state index in [1.807, 2.05) is 36.4 Å². The number of benzene rings is 2. The number of ether oxygens (including phenoxy) is 1. The Morgan fingerprint density at radius 1 is 1.06 bits per heavy atom. The quantitative estimate of drug-likeness (QED) is 0.473. The van der Waals surface area contributed by atoms with Gasteiger partial charge in [0.25, 0.3) is 5.56 Å². The van der Waals surface area contributed by atoms with Crippen LogP contribution in [0.1, 0.15) is 33.6 Å². The number of pyridine rings is 1. The van der Waals surface area contributed by atoms with Crippen molar-refractivity contribution >= 4 is 41.3 Å². The summed E-state index contributed by atoms with van der Waals surface area (Å²) in [6.07, 6.45) is 4.85. The molecule has 1 heterocycles. The van der Waals surface area contributed by atoms with Gasteiger partial charge in [-0.15, -0.1) is 0 Å². The van der Waals surface area contributed by atoms with Crippen molar-refractivity contribution in [2.75, 3.05) is 7.11 Å². The van der Waals surface area contributed by atoms with E-state index in [1.54, 1.807) is 36.0 Å². The van der Waals surface area contributed by atoms with Crippen LogP contribution in [0.4, 0.5) is 0 Å². The number of carboxylic acids is 1. The SMILES string of the molecule is COc1cccc(/C=C/c2c(Cl)cc(Cl)c(=O)n2CCCc2cccc(C(=O)O)c2)c1. The predicted molar refractivity (Wildman–Crippen MR) is 124 cm³/mol. The Bertz CT molecular complexity index is 1180. The lowest BCUT2D eigenvalue weighted by Gasteiger charge is -2.13.